The molecule has 11 rings (SSSR count). The van der Waals surface area contributed by atoms with Crippen LogP contribution in [0.1, 0.15) is 99.0 Å². The van der Waals surface area contributed by atoms with E-state index < -0.39 is 6.29 Å². The molecular weight excluding hydrogens is 739 g/mol. The minimum atomic E-state index is -0.569. The highest BCUT2D eigenvalue weighted by Crippen LogP contribution is 2.55. The fourth-order valence-electron chi connectivity index (χ4n) is 11.9. The summed E-state index contributed by atoms with van der Waals surface area (Å²) in [5.41, 5.74) is 7.91. The van der Waals surface area contributed by atoms with Crippen molar-refractivity contribution in [2.45, 2.75) is 102 Å². The molecule has 4 saturated carbocycles. The topological polar surface area (TPSA) is 121 Å². The van der Waals surface area contributed by atoms with E-state index in [1.807, 2.05) is 47.0 Å². The van der Waals surface area contributed by atoms with Crippen LogP contribution in [0.15, 0.2) is 102 Å². The monoisotopic (exact) mass is 795 g/mol. The van der Waals surface area contributed by atoms with E-state index in [-0.39, 0.29) is 48.0 Å². The number of rotatable bonds is 10. The van der Waals surface area contributed by atoms with Gasteiger partial charge in [0.25, 0.3) is 0 Å². The van der Waals surface area contributed by atoms with Gasteiger partial charge in [-0.25, -0.2) is 9.59 Å². The van der Waals surface area contributed by atoms with Crippen molar-refractivity contribution in [2.75, 3.05) is 19.6 Å². The second kappa shape index (κ2) is 16.0. The molecule has 3 heterocycles. The molecule has 308 valence electrons. The Morgan fingerprint density at radius 3 is 2.20 bits per heavy atom. The molecule has 59 heavy (non-hydrogen) atoms. The van der Waals surface area contributed by atoms with Crippen molar-refractivity contribution in [3.05, 3.63) is 130 Å². The largest absolute Gasteiger partial charge is 0.392 e. The third kappa shape index (κ3) is 7.76. The molecule has 2 amide bonds. The molecule has 4 atom stereocenters. The van der Waals surface area contributed by atoms with Gasteiger partial charge in [0.2, 0.25) is 0 Å². The number of aliphatic hydroxyl groups excluding tert-OH is 1. The van der Waals surface area contributed by atoms with Crippen LogP contribution in [0.25, 0.3) is 22.2 Å². The first-order valence-corrected chi connectivity index (χ1v) is 22.0. The Balaban J connectivity index is 0.827. The molecular formula is C49H57N5O5. The van der Waals surface area contributed by atoms with E-state index in [1.54, 1.807) is 0 Å². The van der Waals surface area contributed by atoms with Crippen molar-refractivity contribution < 1.29 is 19.4 Å². The second-order valence-corrected chi connectivity index (χ2v) is 18.5. The summed E-state index contributed by atoms with van der Waals surface area (Å²) < 4.78 is 15.6. The third-order valence-electron chi connectivity index (χ3n) is 14.5. The van der Waals surface area contributed by atoms with Crippen LogP contribution in [-0.2, 0) is 22.6 Å². The summed E-state index contributed by atoms with van der Waals surface area (Å²) in [5.74, 6) is 2.41. The minimum absolute atomic E-state index is 0.00305. The van der Waals surface area contributed by atoms with Gasteiger partial charge >= 0.3 is 11.7 Å². The van der Waals surface area contributed by atoms with Gasteiger partial charge in [0.05, 0.1) is 29.8 Å². The first-order valence-electron chi connectivity index (χ1n) is 22.0. The van der Waals surface area contributed by atoms with Crippen LogP contribution in [0.5, 0.6) is 0 Å². The Kier molecular flexibility index (Phi) is 10.4. The van der Waals surface area contributed by atoms with Crippen LogP contribution >= 0.6 is 0 Å². The highest BCUT2D eigenvalue weighted by molar-refractivity contribution is 5.76. The Bertz CT molecular complexity index is 2290. The summed E-state index contributed by atoms with van der Waals surface area (Å²) in [7, 11) is 0. The predicted octanol–water partition coefficient (Wildman–Crippen LogP) is 8.39. The average molecular weight is 796 g/mol. The van der Waals surface area contributed by atoms with Gasteiger partial charge in [-0.2, -0.15) is 0 Å². The van der Waals surface area contributed by atoms with Crippen molar-refractivity contribution in [1.29, 1.82) is 0 Å². The molecule has 6 fully saturated rings. The first kappa shape index (κ1) is 38.5. The fourth-order valence-corrected chi connectivity index (χ4v) is 11.9. The van der Waals surface area contributed by atoms with Gasteiger partial charge in [0.15, 0.2) is 6.29 Å². The molecule has 10 heteroatoms. The molecule has 2 aliphatic heterocycles. The highest BCUT2D eigenvalue weighted by atomic mass is 16.7. The van der Waals surface area contributed by atoms with E-state index in [0.717, 1.165) is 114 Å². The van der Waals surface area contributed by atoms with Gasteiger partial charge < -0.3 is 35.1 Å². The van der Waals surface area contributed by atoms with Gasteiger partial charge in [-0.3, -0.25) is 4.57 Å². The summed E-state index contributed by atoms with van der Waals surface area (Å²) in [4.78, 5) is 31.8. The number of ether oxygens (including phenoxy) is 2. The molecule has 4 aromatic carbocycles. The normalized spacial score (nSPS) is 29.5. The second-order valence-electron chi connectivity index (χ2n) is 18.5. The third-order valence-corrected chi connectivity index (χ3v) is 14.5. The zero-order valence-corrected chi connectivity index (χ0v) is 34.0. The molecule has 6 aliphatic rings. The summed E-state index contributed by atoms with van der Waals surface area (Å²) in [5, 5.41) is 16.4. The number of benzene rings is 4. The number of para-hydroxylation sites is 2. The Morgan fingerprint density at radius 1 is 0.831 bits per heavy atom. The number of hydrogen-bond acceptors (Lipinski definition) is 6. The number of imidazole rings is 1. The van der Waals surface area contributed by atoms with Gasteiger partial charge in [-0.05, 0) is 109 Å². The van der Waals surface area contributed by atoms with Crippen LogP contribution in [0.4, 0.5) is 4.79 Å². The number of urea groups is 1. The lowest BCUT2D eigenvalue weighted by atomic mass is 9.53. The van der Waals surface area contributed by atoms with Gasteiger partial charge in [-0.15, -0.1) is 0 Å². The number of hydrogen-bond donors (Lipinski definition) is 4. The van der Waals surface area contributed by atoms with E-state index in [0.29, 0.717) is 6.54 Å². The number of H-pyrrole nitrogens is 1. The number of aromatic amines is 1. The zero-order valence-electron chi connectivity index (χ0n) is 34.0. The number of nitrogens with one attached hydrogen (secondary N) is 3. The number of aliphatic hydroxyl groups is 1. The smallest absolute Gasteiger partial charge is 0.326 e. The van der Waals surface area contributed by atoms with Crippen LogP contribution < -0.4 is 16.3 Å². The maximum Gasteiger partial charge on any atom is 0.326 e. The molecule has 10 nitrogen and oxygen atoms in total. The van der Waals surface area contributed by atoms with E-state index >= 15 is 0 Å². The highest BCUT2D eigenvalue weighted by Gasteiger charge is 2.51. The van der Waals surface area contributed by atoms with Crippen molar-refractivity contribution in [3.63, 3.8) is 0 Å². The minimum Gasteiger partial charge on any atom is -0.392 e. The number of carbonyl (C=O) groups excluding carboxylic acids is 1. The molecule has 4 aliphatic carbocycles. The quantitative estimate of drug-likeness (QED) is 0.113. The van der Waals surface area contributed by atoms with E-state index in [1.165, 1.54) is 19.3 Å². The van der Waals surface area contributed by atoms with E-state index in [4.69, 9.17) is 9.47 Å². The van der Waals surface area contributed by atoms with E-state index in [2.05, 4.69) is 82.0 Å². The van der Waals surface area contributed by atoms with Crippen molar-refractivity contribution in [3.8, 4) is 11.1 Å². The number of piperidine rings is 1. The summed E-state index contributed by atoms with van der Waals surface area (Å²) >= 11 is 0. The molecule has 4 bridgehead atoms. The van der Waals surface area contributed by atoms with Gasteiger partial charge in [0, 0.05) is 49.2 Å². The molecule has 2 saturated heterocycles. The SMILES string of the molecule is C[C@H]1[C@@H](CN2CCC(n3c(=O)[nH]c4ccccc43)CC2)O[C@@H](c2ccc(-c3ccccc3CNC(=O)NC34CC5CC(CC(C5)C3)C4)cc2)O[C@H]1c1ccc(CO)cc1. The molecule has 4 N–H and O–H groups in total. The lowest BCUT2D eigenvalue weighted by molar-refractivity contribution is -0.276. The number of carbonyl (C=O) groups is 1. The van der Waals surface area contributed by atoms with Crippen molar-refractivity contribution in [1.82, 2.24) is 25.1 Å². The molecule has 1 aromatic heterocycles. The van der Waals surface area contributed by atoms with Crippen LogP contribution in [0.3, 0.4) is 0 Å². The predicted molar refractivity (Wildman–Crippen MR) is 228 cm³/mol. The maximum absolute atomic E-state index is 13.3. The summed E-state index contributed by atoms with van der Waals surface area (Å²) in [6.07, 6.45) is 8.36. The van der Waals surface area contributed by atoms with Gasteiger partial charge in [-0.1, -0.05) is 91.9 Å². The number of amides is 2. The van der Waals surface area contributed by atoms with Crippen LogP contribution in [-0.4, -0.2) is 56.9 Å². The lowest BCUT2D eigenvalue weighted by Gasteiger charge is -2.56. The molecule has 0 spiro atoms. The first-order chi connectivity index (χ1) is 28.8. The number of aromatic nitrogens is 2. The molecule has 0 unspecified atom stereocenters. The van der Waals surface area contributed by atoms with Gasteiger partial charge in [0.1, 0.15) is 0 Å². The number of fused-ring (bicyclic) bond motifs is 1. The number of likely N-dealkylation sites (tertiary alicyclic amines) is 1. The Hall–Kier alpha value is -4.74. The van der Waals surface area contributed by atoms with Crippen molar-refractivity contribution >= 4 is 17.1 Å². The molecule has 5 aromatic rings. The summed E-state index contributed by atoms with van der Waals surface area (Å²) in [6, 6.07) is 32.9. The standard InChI is InChI=1S/C49H57N5O5/c1-31-44(29-53-20-18-40(19-21-53)54-43-9-5-4-8-42(43)51-48(54)57)58-46(59-45(31)37-12-10-32(30-55)11-13-37)38-16-14-36(15-17-38)41-7-3-2-6-39(41)28-50-47(56)52-49-25-33-22-34(26-49)24-35(23-33)27-49/h2-17,31,33-35,40,44-46,55H,18-30H2,1H3,(H,51,57)(H2,50,52,56)/t31-,33?,34?,35?,44+,45+,46+,49?/m0/s1. The Labute approximate surface area is 346 Å². The Morgan fingerprint density at radius 2 is 1.49 bits per heavy atom. The van der Waals surface area contributed by atoms with E-state index in [9.17, 15) is 14.7 Å². The van der Waals surface area contributed by atoms with Crippen molar-refractivity contribution in [2.24, 2.45) is 23.7 Å². The van der Waals surface area contributed by atoms with Crippen LogP contribution in [0, 0.1) is 23.7 Å². The lowest BCUT2D eigenvalue weighted by Crippen LogP contribution is -2.61. The molecule has 0 radical (unpaired) electrons. The average Bonchev–Trinajstić information content (AvgIpc) is 3.59. The zero-order chi connectivity index (χ0) is 40.1. The van der Waals surface area contributed by atoms with Crippen LogP contribution in [0.2, 0.25) is 0 Å². The maximum atomic E-state index is 13.3. The summed E-state index contributed by atoms with van der Waals surface area (Å²) in [6.45, 7) is 5.17. The fraction of sp³-hybridized carbons (Fsp3) is 0.469. The number of nitrogens with zero attached hydrogens (tertiary/aromatic N) is 2.